The van der Waals surface area contributed by atoms with Gasteiger partial charge in [0.1, 0.15) is 0 Å². The van der Waals surface area contributed by atoms with Crippen molar-refractivity contribution in [1.82, 2.24) is 4.90 Å². The van der Waals surface area contributed by atoms with Gasteiger partial charge < -0.3 is 39.4 Å². The van der Waals surface area contributed by atoms with Gasteiger partial charge in [-0.15, -0.1) is 0 Å². The van der Waals surface area contributed by atoms with Gasteiger partial charge in [0.05, 0.1) is 18.5 Å². The molecular weight excluding hydrogens is 615 g/mol. The highest BCUT2D eigenvalue weighted by Gasteiger charge is 2.37. The lowest BCUT2D eigenvalue weighted by Crippen LogP contribution is -2.46. The van der Waals surface area contributed by atoms with E-state index in [4.69, 9.17) is 34.0 Å². The third-order valence-electron chi connectivity index (χ3n) is 4.52. The van der Waals surface area contributed by atoms with Crippen LogP contribution < -0.4 is 0 Å². The van der Waals surface area contributed by atoms with Crippen molar-refractivity contribution in [3.8, 4) is 0 Å². The Labute approximate surface area is 230 Å². The Balaban J connectivity index is 4.69. The van der Waals surface area contributed by atoms with Crippen LogP contribution in [0.15, 0.2) is 0 Å². The Kier molecular flexibility index (Phi) is 21.0. The smallest absolute Gasteiger partial charge is 0.416 e. The number of rotatable bonds is 24. The summed E-state index contributed by atoms with van der Waals surface area (Å²) in [6.07, 6.45) is 0.619. The molecule has 0 amide bonds. The molecule has 0 aromatic rings. The first-order chi connectivity index (χ1) is 16.5. The maximum Gasteiger partial charge on any atom is 0.468 e. The monoisotopic (exact) mass is 645 g/mol. The minimum Gasteiger partial charge on any atom is -0.416 e. The molecule has 1 unspecified atom stereocenters. The first-order valence-electron chi connectivity index (χ1n) is 10.6. The van der Waals surface area contributed by atoms with Gasteiger partial charge in [-0.3, -0.25) is 4.55 Å². The molecule has 35 heavy (non-hydrogen) atoms. The lowest BCUT2D eigenvalue weighted by Gasteiger charge is -2.29. The van der Waals surface area contributed by atoms with Gasteiger partial charge in [-0.2, -0.15) is 8.42 Å². The number of aliphatic hydroxyl groups excluding tert-OH is 1. The van der Waals surface area contributed by atoms with Crippen LogP contribution in [0.4, 0.5) is 0 Å². The summed E-state index contributed by atoms with van der Waals surface area (Å²) in [5.74, 6) is -0.361. The minimum absolute atomic E-state index is 0.0937. The van der Waals surface area contributed by atoms with E-state index in [9.17, 15) is 13.5 Å². The molecule has 0 aliphatic heterocycles. The quantitative estimate of drug-likeness (QED) is 0.0707. The zero-order valence-corrected chi connectivity index (χ0v) is 28.6. The molecule has 0 aromatic carbocycles. The molecule has 0 fully saturated rings. The van der Waals surface area contributed by atoms with E-state index in [-0.39, 0.29) is 44.9 Å². The SMILES string of the molecule is C[Si]O[Si](CCCOCC(O)CN(CCC[Si](O[Si])(O[Si])O[Si]C)CCCS(=O)(=O)O)(O[Si])O[Si]. The topological polar surface area (TPSA) is 142 Å². The van der Waals surface area contributed by atoms with Gasteiger partial charge in [0.25, 0.3) is 10.1 Å². The number of nitrogens with zero attached hydrogens (tertiary/aromatic N) is 1. The number of hydrogen-bond donors (Lipinski definition) is 2. The molecule has 1 atom stereocenters. The molecule has 0 heterocycles. The Hall–Kier alpha value is 1.29. The van der Waals surface area contributed by atoms with Crippen LogP contribution in [0.25, 0.3) is 0 Å². The fourth-order valence-electron chi connectivity index (χ4n) is 2.99. The molecule has 196 valence electrons. The molecule has 0 bridgehead atoms. The van der Waals surface area contributed by atoms with Crippen LogP contribution in [0.1, 0.15) is 19.3 Å². The van der Waals surface area contributed by atoms with E-state index < -0.39 is 33.8 Å². The number of ether oxygens (including phenoxy) is 1. The zero-order valence-electron chi connectivity index (χ0n) is 19.8. The predicted molar refractivity (Wildman–Crippen MR) is 137 cm³/mol. The highest BCUT2D eigenvalue weighted by molar-refractivity contribution is 7.85. The molecule has 0 aliphatic carbocycles. The van der Waals surface area contributed by atoms with Crippen LogP contribution in [0.3, 0.4) is 0 Å². The first kappa shape index (κ1) is 36.3. The van der Waals surface area contributed by atoms with Crippen molar-refractivity contribution in [2.75, 3.05) is 38.6 Å². The zero-order chi connectivity index (χ0) is 26.8. The summed E-state index contributed by atoms with van der Waals surface area (Å²) >= 11 is 0. The van der Waals surface area contributed by atoms with Crippen molar-refractivity contribution < 1.29 is 47.5 Å². The van der Waals surface area contributed by atoms with Crippen LogP contribution in [-0.4, -0.2) is 147 Å². The third-order valence-corrected chi connectivity index (χ3v) is 16.4. The fraction of sp³-hybridized carbons (Fsp3) is 1.00. The van der Waals surface area contributed by atoms with Crippen LogP contribution in [-0.2, 0) is 39.5 Å². The van der Waals surface area contributed by atoms with Crippen molar-refractivity contribution in [3.63, 3.8) is 0 Å². The Bertz CT molecular complexity index is 633. The van der Waals surface area contributed by atoms with Crippen LogP contribution in [0, 0.1) is 0 Å². The molecule has 0 saturated carbocycles. The number of hydrogen-bond acceptors (Lipinski definition) is 11. The van der Waals surface area contributed by atoms with E-state index in [0.29, 0.717) is 44.6 Å². The normalized spacial score (nSPS) is 14.1. The van der Waals surface area contributed by atoms with Gasteiger partial charge in [-0.25, -0.2) is 0 Å². The second-order valence-corrected chi connectivity index (χ2v) is 18.3. The minimum atomic E-state index is -4.06. The van der Waals surface area contributed by atoms with Gasteiger partial charge in [0, 0.05) is 25.2 Å². The summed E-state index contributed by atoms with van der Waals surface area (Å²) in [4.78, 5) is 1.90. The second-order valence-electron chi connectivity index (χ2n) is 7.26. The molecule has 0 rings (SSSR count). The summed E-state index contributed by atoms with van der Waals surface area (Å²) in [6.45, 7) is 5.32. The van der Waals surface area contributed by atoms with Gasteiger partial charge in [-0.1, -0.05) is 0 Å². The first-order valence-corrected chi connectivity index (χ1v) is 20.5. The van der Waals surface area contributed by atoms with Crippen molar-refractivity contribution >= 4 is 89.2 Å². The van der Waals surface area contributed by atoms with Crippen LogP contribution in [0.5, 0.6) is 0 Å². The second kappa shape index (κ2) is 20.2. The molecule has 0 aromatic heterocycles. The highest BCUT2D eigenvalue weighted by Crippen LogP contribution is 2.17. The summed E-state index contributed by atoms with van der Waals surface area (Å²) in [6, 6.07) is 0.995. The van der Waals surface area contributed by atoms with Crippen molar-refractivity contribution in [1.29, 1.82) is 0 Å². The van der Waals surface area contributed by atoms with E-state index in [1.165, 1.54) is 0 Å². The predicted octanol–water partition coefficient (Wildman–Crippen LogP) is -1.63. The summed E-state index contributed by atoms with van der Waals surface area (Å²) in [7, 11) is 2.63. The molecule has 0 spiro atoms. The molecule has 0 saturated heterocycles. The van der Waals surface area contributed by atoms with E-state index >= 15 is 0 Å². The van der Waals surface area contributed by atoms with Gasteiger partial charge >= 0.3 is 17.6 Å². The van der Waals surface area contributed by atoms with Gasteiger partial charge in [0.2, 0.25) is 61.5 Å². The molecule has 0 aliphatic rings. The Morgan fingerprint density at radius 3 is 1.83 bits per heavy atom. The third kappa shape index (κ3) is 16.8. The molecule has 12 nitrogen and oxygen atoms in total. The van der Waals surface area contributed by atoms with Gasteiger partial charge in [0.15, 0.2) is 0 Å². The van der Waals surface area contributed by atoms with E-state index in [1.54, 1.807) is 0 Å². The van der Waals surface area contributed by atoms with Crippen molar-refractivity contribution in [2.45, 2.75) is 50.5 Å². The maximum absolute atomic E-state index is 11.1. The van der Waals surface area contributed by atoms with E-state index in [2.05, 4.69) is 41.9 Å². The summed E-state index contributed by atoms with van der Waals surface area (Å²) in [5.41, 5.74) is 0. The standard InChI is InChI=1S/C14H31NO11SSi8/c1-32-25-34(21-28,22-29)10-4-7-15(6-3-9-27(17,18)19)12-14(16)13-20-8-5-11-35(23-30,24-31)26-33-2/h14,16H,3-13H2,1-2H3,(H,17,18,19). The fourth-order valence-corrected chi connectivity index (χ4v) is 12.8. The molecule has 16 radical (unpaired) electrons. The average Bonchev–Trinajstić information content (AvgIpc) is 2.81. The van der Waals surface area contributed by atoms with Gasteiger partial charge in [-0.05, 0) is 45.4 Å². The van der Waals surface area contributed by atoms with Crippen molar-refractivity contribution in [3.05, 3.63) is 0 Å². The lowest BCUT2D eigenvalue weighted by atomic mass is 10.3. The Morgan fingerprint density at radius 2 is 1.37 bits per heavy atom. The van der Waals surface area contributed by atoms with E-state index in [0.717, 1.165) is 0 Å². The van der Waals surface area contributed by atoms with Crippen LogP contribution >= 0.6 is 0 Å². The van der Waals surface area contributed by atoms with E-state index in [1.807, 2.05) is 18.0 Å². The highest BCUT2D eigenvalue weighted by atomic mass is 32.2. The summed E-state index contributed by atoms with van der Waals surface area (Å²) < 4.78 is 69.0. The largest absolute Gasteiger partial charge is 0.468 e. The number of aliphatic hydroxyl groups is 1. The average molecular weight is 646 g/mol. The molecule has 21 heteroatoms. The molecule has 2 N–H and O–H groups in total. The van der Waals surface area contributed by atoms with Crippen LogP contribution in [0.2, 0.25) is 25.2 Å². The Morgan fingerprint density at radius 1 is 0.886 bits per heavy atom. The lowest BCUT2D eigenvalue weighted by molar-refractivity contribution is 0.0163. The van der Waals surface area contributed by atoms with Crippen molar-refractivity contribution in [2.24, 2.45) is 0 Å². The molecular formula is C14H31NO11SSi8. The maximum atomic E-state index is 11.1. The summed E-state index contributed by atoms with van der Waals surface area (Å²) in [5, 5.41) is 10.5.